The molecule has 0 radical (unpaired) electrons. The molecule has 0 bridgehead atoms. The smallest absolute Gasteiger partial charge is 0.123 e. The van der Waals surface area contributed by atoms with E-state index in [0.717, 1.165) is 53.5 Å². The highest BCUT2D eigenvalue weighted by atomic mass is 19.1. The van der Waals surface area contributed by atoms with Crippen molar-refractivity contribution in [3.8, 4) is 5.69 Å². The Morgan fingerprint density at radius 1 is 1.04 bits per heavy atom. The van der Waals surface area contributed by atoms with Crippen LogP contribution in [0.25, 0.3) is 27.5 Å². The van der Waals surface area contributed by atoms with E-state index in [1.807, 2.05) is 10.9 Å². The summed E-state index contributed by atoms with van der Waals surface area (Å²) in [5.41, 5.74) is 4.16. The van der Waals surface area contributed by atoms with Gasteiger partial charge in [0.25, 0.3) is 0 Å². The summed E-state index contributed by atoms with van der Waals surface area (Å²) in [4.78, 5) is 4.85. The van der Waals surface area contributed by atoms with E-state index in [-0.39, 0.29) is 5.82 Å². The Bertz CT molecular complexity index is 1040. The van der Waals surface area contributed by atoms with Crippen molar-refractivity contribution in [3.63, 3.8) is 0 Å². The maximum atomic E-state index is 13.2. The number of ether oxygens (including phenoxy) is 1. The highest BCUT2D eigenvalue weighted by Crippen LogP contribution is 2.31. The minimum atomic E-state index is -0.232. The van der Waals surface area contributed by atoms with Crippen molar-refractivity contribution in [3.05, 3.63) is 60.2 Å². The molecule has 4 nitrogen and oxygen atoms in total. The lowest BCUT2D eigenvalue weighted by molar-refractivity contribution is 0.0846. The van der Waals surface area contributed by atoms with Crippen molar-refractivity contribution < 1.29 is 9.13 Å². The predicted molar refractivity (Wildman–Crippen MR) is 95.7 cm³/mol. The van der Waals surface area contributed by atoms with Crippen LogP contribution in [0.1, 0.15) is 24.5 Å². The Morgan fingerprint density at radius 2 is 1.84 bits per heavy atom. The summed E-state index contributed by atoms with van der Waals surface area (Å²) in [5, 5.41) is 5.48. The predicted octanol–water partition coefficient (Wildman–Crippen LogP) is 4.54. The molecule has 126 valence electrons. The van der Waals surface area contributed by atoms with E-state index in [1.165, 1.54) is 17.8 Å². The Labute approximate surface area is 144 Å². The first-order chi connectivity index (χ1) is 12.3. The van der Waals surface area contributed by atoms with Gasteiger partial charge in [-0.1, -0.05) is 0 Å². The standard InChI is InChI=1S/C20H18FN3O/c21-16-1-3-17(4-2-16)24-20-11-14-9-18(13-5-7-25-8-6-13)23-19(14)10-15(20)12-22-24/h1-4,9-13,22H,5-8H2. The molecule has 5 heteroatoms. The van der Waals surface area contributed by atoms with Gasteiger partial charge in [-0.2, -0.15) is 0 Å². The van der Waals surface area contributed by atoms with Crippen LogP contribution in [-0.4, -0.2) is 28.0 Å². The molecule has 0 spiro atoms. The van der Waals surface area contributed by atoms with Crippen LogP contribution in [-0.2, 0) is 4.74 Å². The third kappa shape index (κ3) is 2.51. The molecular formula is C20H18FN3O. The fourth-order valence-electron chi connectivity index (χ4n) is 3.67. The maximum absolute atomic E-state index is 13.2. The van der Waals surface area contributed by atoms with Gasteiger partial charge in [0.2, 0.25) is 0 Å². The van der Waals surface area contributed by atoms with Gasteiger partial charge in [0.05, 0.1) is 16.7 Å². The number of benzene rings is 2. The monoisotopic (exact) mass is 335 g/mol. The summed E-state index contributed by atoms with van der Waals surface area (Å²) in [5.74, 6) is 0.259. The average Bonchev–Trinajstić information content (AvgIpc) is 3.24. The van der Waals surface area contributed by atoms with Gasteiger partial charge in [0, 0.05) is 41.8 Å². The first kappa shape index (κ1) is 14.7. The molecule has 25 heavy (non-hydrogen) atoms. The molecule has 1 N–H and O–H groups in total. The van der Waals surface area contributed by atoms with Crippen LogP contribution in [0, 0.1) is 5.82 Å². The van der Waals surface area contributed by atoms with Gasteiger partial charge in [-0.25, -0.2) is 4.39 Å². The van der Waals surface area contributed by atoms with Crippen molar-refractivity contribution >= 4 is 21.8 Å². The van der Waals surface area contributed by atoms with E-state index in [2.05, 4.69) is 23.3 Å². The van der Waals surface area contributed by atoms with Crippen molar-refractivity contribution in [1.82, 2.24) is 14.8 Å². The summed E-state index contributed by atoms with van der Waals surface area (Å²) in [6.45, 7) is 1.64. The van der Waals surface area contributed by atoms with Gasteiger partial charge in [-0.3, -0.25) is 9.67 Å². The second-order valence-corrected chi connectivity index (χ2v) is 6.62. The van der Waals surface area contributed by atoms with Gasteiger partial charge >= 0.3 is 0 Å². The van der Waals surface area contributed by atoms with Crippen LogP contribution < -0.4 is 0 Å². The van der Waals surface area contributed by atoms with Crippen molar-refractivity contribution in [1.29, 1.82) is 0 Å². The molecule has 2 aromatic heterocycles. The first-order valence-electron chi connectivity index (χ1n) is 8.62. The number of nitrogens with one attached hydrogen (secondary N) is 1. The van der Waals surface area contributed by atoms with E-state index in [4.69, 9.17) is 9.72 Å². The van der Waals surface area contributed by atoms with Crippen LogP contribution in [0.15, 0.2) is 48.7 Å². The second kappa shape index (κ2) is 5.70. The summed E-state index contributed by atoms with van der Waals surface area (Å²) in [6.07, 6.45) is 4.04. The molecule has 2 aromatic carbocycles. The SMILES string of the molecule is Fc1ccc(-n2[nH]cc3cc4nc(C5CCOCC5)cc4cc32)cc1. The van der Waals surface area contributed by atoms with Gasteiger partial charge in [0.1, 0.15) is 5.82 Å². The van der Waals surface area contributed by atoms with E-state index < -0.39 is 0 Å². The molecule has 1 fully saturated rings. The molecule has 1 aliphatic heterocycles. The molecule has 4 aromatic rings. The minimum Gasteiger partial charge on any atom is -0.381 e. The first-order valence-corrected chi connectivity index (χ1v) is 8.62. The number of hydrogen-bond acceptors (Lipinski definition) is 2. The van der Waals surface area contributed by atoms with Gasteiger partial charge in [0.15, 0.2) is 0 Å². The molecule has 3 heterocycles. The van der Waals surface area contributed by atoms with Gasteiger partial charge in [-0.05, 0) is 55.3 Å². The van der Waals surface area contributed by atoms with Crippen LogP contribution in [0.4, 0.5) is 4.39 Å². The quantitative estimate of drug-likeness (QED) is 0.584. The zero-order valence-corrected chi connectivity index (χ0v) is 13.7. The Kier molecular flexibility index (Phi) is 3.35. The molecular weight excluding hydrogens is 317 g/mol. The highest BCUT2D eigenvalue weighted by molar-refractivity contribution is 5.96. The van der Waals surface area contributed by atoms with Crippen LogP contribution in [0.5, 0.6) is 0 Å². The van der Waals surface area contributed by atoms with E-state index in [0.29, 0.717) is 5.92 Å². The number of hydrogen-bond donors (Lipinski definition) is 1. The maximum Gasteiger partial charge on any atom is 0.123 e. The summed E-state index contributed by atoms with van der Waals surface area (Å²) in [7, 11) is 0. The topological polar surface area (TPSA) is 42.8 Å². The minimum absolute atomic E-state index is 0.232. The number of fused-ring (bicyclic) bond motifs is 2. The molecule has 5 rings (SSSR count). The second-order valence-electron chi connectivity index (χ2n) is 6.62. The molecule has 0 aliphatic carbocycles. The average molecular weight is 335 g/mol. The van der Waals surface area contributed by atoms with Crippen LogP contribution in [0.3, 0.4) is 0 Å². The highest BCUT2D eigenvalue weighted by Gasteiger charge is 2.19. The third-order valence-corrected chi connectivity index (χ3v) is 5.04. The molecule has 0 saturated carbocycles. The zero-order chi connectivity index (χ0) is 16.8. The van der Waals surface area contributed by atoms with Crippen LogP contribution >= 0.6 is 0 Å². The Balaban J connectivity index is 1.61. The lowest BCUT2D eigenvalue weighted by atomic mass is 9.97. The fourth-order valence-corrected chi connectivity index (χ4v) is 3.67. The lowest BCUT2D eigenvalue weighted by Gasteiger charge is -2.20. The summed E-state index contributed by atoms with van der Waals surface area (Å²) < 4.78 is 20.6. The van der Waals surface area contributed by atoms with E-state index in [9.17, 15) is 4.39 Å². The van der Waals surface area contributed by atoms with Crippen molar-refractivity contribution in [2.45, 2.75) is 18.8 Å². The largest absolute Gasteiger partial charge is 0.381 e. The van der Waals surface area contributed by atoms with Gasteiger partial charge < -0.3 is 9.84 Å². The number of aromatic amines is 1. The molecule has 0 atom stereocenters. The van der Waals surface area contributed by atoms with Gasteiger partial charge in [-0.15, -0.1) is 0 Å². The Morgan fingerprint density at radius 3 is 2.64 bits per heavy atom. The van der Waals surface area contributed by atoms with E-state index >= 15 is 0 Å². The van der Waals surface area contributed by atoms with E-state index in [1.54, 1.807) is 12.1 Å². The molecule has 0 amide bonds. The zero-order valence-electron chi connectivity index (χ0n) is 13.7. The third-order valence-electron chi connectivity index (χ3n) is 5.04. The number of halogens is 1. The number of nitrogens with zero attached hydrogens (tertiary/aromatic N) is 2. The Hall–Kier alpha value is -2.66. The van der Waals surface area contributed by atoms with Crippen molar-refractivity contribution in [2.24, 2.45) is 0 Å². The van der Waals surface area contributed by atoms with Crippen molar-refractivity contribution in [2.75, 3.05) is 13.2 Å². The van der Waals surface area contributed by atoms with Crippen LogP contribution in [0.2, 0.25) is 0 Å². The molecule has 1 aliphatic rings. The number of aromatic nitrogens is 3. The normalized spacial score (nSPS) is 16.0. The summed E-state index contributed by atoms with van der Waals surface area (Å²) >= 11 is 0. The molecule has 0 unspecified atom stereocenters. The lowest BCUT2D eigenvalue weighted by Crippen LogP contribution is -2.14. The summed E-state index contributed by atoms with van der Waals surface area (Å²) in [6, 6.07) is 13.0. The fraction of sp³-hybridized carbons (Fsp3) is 0.250. The number of rotatable bonds is 2. The number of H-pyrrole nitrogens is 1. The molecule has 1 saturated heterocycles.